The third kappa shape index (κ3) is 3.37. The molecule has 0 bridgehead atoms. The Labute approximate surface area is 130 Å². The van der Waals surface area contributed by atoms with Gasteiger partial charge in [-0.25, -0.2) is 18.7 Å². The first-order valence-corrected chi connectivity index (χ1v) is 6.77. The topological polar surface area (TPSA) is 54.9 Å². The monoisotopic (exact) mass is 311 g/mol. The number of rotatable bonds is 3. The maximum absolute atomic E-state index is 13.1. The third-order valence-corrected chi connectivity index (χ3v) is 3.12. The van der Waals surface area contributed by atoms with Gasteiger partial charge in [0.1, 0.15) is 0 Å². The highest BCUT2D eigenvalue weighted by atomic mass is 19.2. The van der Waals surface area contributed by atoms with Crippen molar-refractivity contribution in [3.8, 4) is 11.4 Å². The van der Waals surface area contributed by atoms with Gasteiger partial charge >= 0.3 is 0 Å². The summed E-state index contributed by atoms with van der Waals surface area (Å²) < 4.78 is 26.0. The lowest BCUT2D eigenvalue weighted by atomic mass is 10.2. The first kappa shape index (κ1) is 14.8. The first-order valence-electron chi connectivity index (χ1n) is 6.77. The molecule has 2 aromatic carbocycles. The summed E-state index contributed by atoms with van der Waals surface area (Å²) in [6, 6.07) is 12.3. The molecule has 0 saturated heterocycles. The number of nitrogens with zero attached hydrogens (tertiary/aromatic N) is 2. The molecule has 4 nitrogen and oxygen atoms in total. The van der Waals surface area contributed by atoms with E-state index in [-0.39, 0.29) is 5.56 Å². The van der Waals surface area contributed by atoms with Gasteiger partial charge in [-0.2, -0.15) is 0 Å². The zero-order valence-electron chi connectivity index (χ0n) is 11.8. The fraction of sp³-hybridized carbons (Fsp3) is 0. The second-order valence-electron chi connectivity index (χ2n) is 4.74. The molecule has 0 fully saturated rings. The van der Waals surface area contributed by atoms with E-state index in [0.717, 1.165) is 17.7 Å². The van der Waals surface area contributed by atoms with Crippen molar-refractivity contribution in [1.82, 2.24) is 9.97 Å². The van der Waals surface area contributed by atoms with E-state index in [2.05, 4.69) is 15.3 Å². The van der Waals surface area contributed by atoms with E-state index in [1.54, 1.807) is 0 Å². The molecule has 1 heterocycles. The van der Waals surface area contributed by atoms with E-state index < -0.39 is 17.5 Å². The van der Waals surface area contributed by atoms with Crippen LogP contribution >= 0.6 is 0 Å². The standard InChI is InChI=1S/C17H11F2N3O/c18-14-7-6-12(8-15(14)19)17(23)22-13-9-20-16(21-10-13)11-4-2-1-3-5-11/h1-10H,(H,22,23). The average Bonchev–Trinajstić information content (AvgIpc) is 2.59. The molecule has 3 rings (SSSR count). The van der Waals surface area contributed by atoms with Gasteiger partial charge < -0.3 is 5.32 Å². The predicted molar refractivity (Wildman–Crippen MR) is 81.8 cm³/mol. The first-order chi connectivity index (χ1) is 11.1. The molecule has 114 valence electrons. The lowest BCUT2D eigenvalue weighted by molar-refractivity contribution is 0.102. The number of aromatic nitrogens is 2. The minimum Gasteiger partial charge on any atom is -0.319 e. The largest absolute Gasteiger partial charge is 0.319 e. The summed E-state index contributed by atoms with van der Waals surface area (Å²) in [7, 11) is 0. The van der Waals surface area contributed by atoms with Crippen LogP contribution in [0.1, 0.15) is 10.4 Å². The van der Waals surface area contributed by atoms with Crippen LogP contribution in [0, 0.1) is 11.6 Å². The Kier molecular flexibility index (Phi) is 4.05. The summed E-state index contributed by atoms with van der Waals surface area (Å²) in [6.45, 7) is 0. The quantitative estimate of drug-likeness (QED) is 0.803. The summed E-state index contributed by atoms with van der Waals surface area (Å²) in [6.07, 6.45) is 2.90. The molecular formula is C17H11F2N3O. The van der Waals surface area contributed by atoms with Crippen LogP contribution in [0.5, 0.6) is 0 Å². The van der Waals surface area contributed by atoms with Gasteiger partial charge in [-0.3, -0.25) is 4.79 Å². The van der Waals surface area contributed by atoms with Gasteiger partial charge in [0, 0.05) is 11.1 Å². The van der Waals surface area contributed by atoms with Crippen molar-refractivity contribution in [3.05, 3.63) is 78.1 Å². The minimum atomic E-state index is -1.08. The Morgan fingerprint density at radius 3 is 2.26 bits per heavy atom. The molecular weight excluding hydrogens is 300 g/mol. The summed E-state index contributed by atoms with van der Waals surface area (Å²) >= 11 is 0. The van der Waals surface area contributed by atoms with Crippen molar-refractivity contribution in [2.45, 2.75) is 0 Å². The van der Waals surface area contributed by atoms with Crippen molar-refractivity contribution in [2.24, 2.45) is 0 Å². The van der Waals surface area contributed by atoms with E-state index in [1.165, 1.54) is 18.5 Å². The van der Waals surface area contributed by atoms with Crippen molar-refractivity contribution >= 4 is 11.6 Å². The second kappa shape index (κ2) is 6.31. The van der Waals surface area contributed by atoms with E-state index >= 15 is 0 Å². The van der Waals surface area contributed by atoms with E-state index in [0.29, 0.717) is 11.5 Å². The van der Waals surface area contributed by atoms with Crippen LogP contribution in [0.4, 0.5) is 14.5 Å². The maximum Gasteiger partial charge on any atom is 0.255 e. The number of amides is 1. The molecule has 0 spiro atoms. The molecule has 0 unspecified atom stereocenters. The molecule has 0 saturated carbocycles. The van der Waals surface area contributed by atoms with Crippen LogP contribution in [-0.2, 0) is 0 Å². The van der Waals surface area contributed by atoms with Crippen LogP contribution in [-0.4, -0.2) is 15.9 Å². The molecule has 3 aromatic rings. The van der Waals surface area contributed by atoms with Crippen LogP contribution < -0.4 is 5.32 Å². The summed E-state index contributed by atoms with van der Waals surface area (Å²) in [5.74, 6) is -2.12. The molecule has 1 N–H and O–H groups in total. The number of carbonyl (C=O) groups is 1. The Balaban J connectivity index is 1.75. The zero-order chi connectivity index (χ0) is 16.2. The minimum absolute atomic E-state index is 0.0102. The van der Waals surface area contributed by atoms with Gasteiger partial charge in [0.2, 0.25) is 0 Å². The zero-order valence-corrected chi connectivity index (χ0v) is 11.8. The van der Waals surface area contributed by atoms with Crippen molar-refractivity contribution < 1.29 is 13.6 Å². The highest BCUT2D eigenvalue weighted by Crippen LogP contribution is 2.16. The van der Waals surface area contributed by atoms with Crippen LogP contribution in [0.15, 0.2) is 60.9 Å². The molecule has 0 atom stereocenters. The van der Waals surface area contributed by atoms with Gasteiger partial charge in [-0.1, -0.05) is 30.3 Å². The van der Waals surface area contributed by atoms with Gasteiger partial charge in [0.25, 0.3) is 5.91 Å². The lowest BCUT2D eigenvalue weighted by Gasteiger charge is -2.06. The highest BCUT2D eigenvalue weighted by Gasteiger charge is 2.10. The summed E-state index contributed by atoms with van der Waals surface area (Å²) in [5, 5.41) is 2.53. The van der Waals surface area contributed by atoms with E-state index in [4.69, 9.17) is 0 Å². The molecule has 0 aliphatic heterocycles. The molecule has 6 heteroatoms. The van der Waals surface area contributed by atoms with Gasteiger partial charge in [-0.05, 0) is 18.2 Å². The Hall–Kier alpha value is -3.15. The third-order valence-electron chi connectivity index (χ3n) is 3.12. The smallest absolute Gasteiger partial charge is 0.255 e. The summed E-state index contributed by atoms with van der Waals surface area (Å²) in [4.78, 5) is 20.3. The number of carbonyl (C=O) groups excluding carboxylic acids is 1. The number of anilines is 1. The van der Waals surface area contributed by atoms with Crippen molar-refractivity contribution in [2.75, 3.05) is 5.32 Å². The normalized spacial score (nSPS) is 10.3. The van der Waals surface area contributed by atoms with Crippen LogP contribution in [0.25, 0.3) is 11.4 Å². The Morgan fingerprint density at radius 1 is 0.913 bits per heavy atom. The highest BCUT2D eigenvalue weighted by molar-refractivity contribution is 6.04. The van der Waals surface area contributed by atoms with E-state index in [1.807, 2.05) is 30.3 Å². The fourth-order valence-electron chi connectivity index (χ4n) is 1.97. The second-order valence-corrected chi connectivity index (χ2v) is 4.74. The fourth-order valence-corrected chi connectivity index (χ4v) is 1.97. The molecule has 0 aliphatic carbocycles. The number of nitrogens with one attached hydrogen (secondary N) is 1. The van der Waals surface area contributed by atoms with Crippen molar-refractivity contribution in [1.29, 1.82) is 0 Å². The summed E-state index contributed by atoms with van der Waals surface area (Å²) in [5.41, 5.74) is 1.22. The number of halogens is 2. The van der Waals surface area contributed by atoms with Crippen LogP contribution in [0.3, 0.4) is 0 Å². The van der Waals surface area contributed by atoms with Gasteiger partial charge in [0.15, 0.2) is 17.5 Å². The number of hydrogen-bond acceptors (Lipinski definition) is 3. The number of hydrogen-bond donors (Lipinski definition) is 1. The van der Waals surface area contributed by atoms with Gasteiger partial charge in [-0.15, -0.1) is 0 Å². The molecule has 23 heavy (non-hydrogen) atoms. The van der Waals surface area contributed by atoms with E-state index in [9.17, 15) is 13.6 Å². The lowest BCUT2D eigenvalue weighted by Crippen LogP contribution is -2.13. The molecule has 1 aromatic heterocycles. The number of benzene rings is 2. The Bertz CT molecular complexity index is 836. The molecule has 0 radical (unpaired) electrons. The SMILES string of the molecule is O=C(Nc1cnc(-c2ccccc2)nc1)c1ccc(F)c(F)c1. The molecule has 0 aliphatic rings. The van der Waals surface area contributed by atoms with Gasteiger partial charge in [0.05, 0.1) is 18.1 Å². The maximum atomic E-state index is 13.1. The average molecular weight is 311 g/mol. The van der Waals surface area contributed by atoms with Crippen LogP contribution in [0.2, 0.25) is 0 Å². The Morgan fingerprint density at radius 2 is 1.61 bits per heavy atom. The van der Waals surface area contributed by atoms with Crippen molar-refractivity contribution in [3.63, 3.8) is 0 Å². The molecule has 1 amide bonds. The predicted octanol–water partition coefficient (Wildman–Crippen LogP) is 3.67.